The summed E-state index contributed by atoms with van der Waals surface area (Å²) in [7, 11) is 0. The van der Waals surface area contributed by atoms with Crippen molar-refractivity contribution in [3.63, 3.8) is 0 Å². The lowest BCUT2D eigenvalue weighted by Gasteiger charge is -2.42. The smallest absolute Gasteiger partial charge is 0.0800 e. The summed E-state index contributed by atoms with van der Waals surface area (Å²) in [4.78, 5) is 2.64. The van der Waals surface area contributed by atoms with E-state index in [9.17, 15) is 0 Å². The van der Waals surface area contributed by atoms with Crippen LogP contribution in [0.2, 0.25) is 0 Å². The van der Waals surface area contributed by atoms with E-state index in [1.807, 2.05) is 0 Å². The standard InChI is InChI=1S/C21H37NO.ClH/c1-9-23-18(6)19-12-10-11-13-20(19)21(7,8)22(14-16(2)3)15-17(4)5;/h10-13,16-18H,9,14-15H2,1-8H3;1H. The van der Waals surface area contributed by atoms with Crippen LogP contribution in [0.25, 0.3) is 0 Å². The average molecular weight is 356 g/mol. The van der Waals surface area contributed by atoms with E-state index in [0.29, 0.717) is 11.8 Å². The van der Waals surface area contributed by atoms with Crippen LogP contribution in [0.5, 0.6) is 0 Å². The second-order valence-corrected chi connectivity index (χ2v) is 7.94. The first kappa shape index (κ1) is 23.4. The third-order valence-electron chi connectivity index (χ3n) is 4.44. The molecule has 0 saturated heterocycles. The largest absolute Gasteiger partial charge is 0.374 e. The van der Waals surface area contributed by atoms with Gasteiger partial charge in [-0.15, -0.1) is 12.4 Å². The maximum Gasteiger partial charge on any atom is 0.0800 e. The number of halogens is 1. The summed E-state index contributed by atoms with van der Waals surface area (Å²) in [5.41, 5.74) is 2.70. The number of benzene rings is 1. The van der Waals surface area contributed by atoms with Gasteiger partial charge in [-0.05, 0) is 50.7 Å². The quantitative estimate of drug-likeness (QED) is 0.534. The minimum absolute atomic E-state index is 0. The molecule has 1 atom stereocenters. The van der Waals surface area contributed by atoms with Gasteiger partial charge in [-0.25, -0.2) is 0 Å². The predicted molar refractivity (Wildman–Crippen MR) is 108 cm³/mol. The van der Waals surface area contributed by atoms with Crippen molar-refractivity contribution >= 4 is 12.4 Å². The van der Waals surface area contributed by atoms with Gasteiger partial charge in [-0.3, -0.25) is 4.90 Å². The fourth-order valence-corrected chi connectivity index (χ4v) is 3.33. The molecule has 2 nitrogen and oxygen atoms in total. The Labute approximate surface area is 156 Å². The van der Waals surface area contributed by atoms with Crippen LogP contribution >= 0.6 is 12.4 Å². The SMILES string of the molecule is CCOC(C)c1ccccc1C(C)(C)N(CC(C)C)CC(C)C.Cl. The van der Waals surface area contributed by atoms with E-state index in [0.717, 1.165) is 19.7 Å². The van der Waals surface area contributed by atoms with Crippen LogP contribution < -0.4 is 0 Å². The lowest BCUT2D eigenvalue weighted by molar-refractivity contribution is 0.0639. The fraction of sp³-hybridized carbons (Fsp3) is 0.714. The normalized spacial score (nSPS) is 13.5. The number of rotatable bonds is 9. The Kier molecular flexibility index (Phi) is 10.2. The van der Waals surface area contributed by atoms with Crippen molar-refractivity contribution in [2.45, 2.75) is 67.0 Å². The van der Waals surface area contributed by atoms with Crippen molar-refractivity contribution in [2.75, 3.05) is 19.7 Å². The molecule has 3 heteroatoms. The van der Waals surface area contributed by atoms with Crippen LogP contribution in [0.15, 0.2) is 24.3 Å². The van der Waals surface area contributed by atoms with E-state index in [1.54, 1.807) is 0 Å². The lowest BCUT2D eigenvalue weighted by atomic mass is 9.85. The van der Waals surface area contributed by atoms with Gasteiger partial charge >= 0.3 is 0 Å². The van der Waals surface area contributed by atoms with E-state index in [4.69, 9.17) is 4.74 Å². The van der Waals surface area contributed by atoms with Gasteiger partial charge in [0, 0.05) is 25.2 Å². The van der Waals surface area contributed by atoms with Gasteiger partial charge in [0.25, 0.3) is 0 Å². The van der Waals surface area contributed by atoms with E-state index in [2.05, 4.69) is 84.6 Å². The first-order valence-corrected chi connectivity index (χ1v) is 9.16. The van der Waals surface area contributed by atoms with Gasteiger partial charge in [0.1, 0.15) is 0 Å². The zero-order chi connectivity index (χ0) is 17.6. The summed E-state index contributed by atoms with van der Waals surface area (Å²) in [5, 5.41) is 0. The van der Waals surface area contributed by atoms with Crippen LogP contribution in [0.1, 0.15) is 72.6 Å². The Hall–Kier alpha value is -0.570. The van der Waals surface area contributed by atoms with Crippen LogP contribution in [-0.4, -0.2) is 24.6 Å². The molecule has 0 spiro atoms. The van der Waals surface area contributed by atoms with E-state index in [-0.39, 0.29) is 24.0 Å². The van der Waals surface area contributed by atoms with Crippen molar-refractivity contribution in [1.29, 1.82) is 0 Å². The van der Waals surface area contributed by atoms with Crippen molar-refractivity contribution < 1.29 is 4.74 Å². The molecule has 1 rings (SSSR count). The summed E-state index contributed by atoms with van der Waals surface area (Å²) in [6.07, 6.45) is 0.135. The molecule has 1 aromatic carbocycles. The topological polar surface area (TPSA) is 12.5 Å². The zero-order valence-corrected chi connectivity index (χ0v) is 17.7. The minimum Gasteiger partial charge on any atom is -0.374 e. The second-order valence-electron chi connectivity index (χ2n) is 7.94. The van der Waals surface area contributed by atoms with Gasteiger partial charge in [-0.1, -0.05) is 52.0 Å². The molecule has 0 aromatic heterocycles. The van der Waals surface area contributed by atoms with Crippen LogP contribution in [0, 0.1) is 11.8 Å². The molecular formula is C21H38ClNO. The number of hydrogen-bond acceptors (Lipinski definition) is 2. The summed E-state index contributed by atoms with van der Waals surface area (Å²) in [6.45, 7) is 21.1. The third-order valence-corrected chi connectivity index (χ3v) is 4.44. The lowest BCUT2D eigenvalue weighted by Crippen LogP contribution is -2.46. The molecule has 0 heterocycles. The number of ether oxygens (including phenoxy) is 1. The minimum atomic E-state index is -0.00348. The monoisotopic (exact) mass is 355 g/mol. The molecule has 1 unspecified atom stereocenters. The van der Waals surface area contributed by atoms with Crippen LogP contribution in [0.4, 0.5) is 0 Å². The van der Waals surface area contributed by atoms with E-state index >= 15 is 0 Å². The highest BCUT2D eigenvalue weighted by atomic mass is 35.5. The first-order chi connectivity index (χ1) is 10.7. The van der Waals surface area contributed by atoms with Crippen molar-refractivity contribution in [1.82, 2.24) is 4.90 Å². The van der Waals surface area contributed by atoms with E-state index in [1.165, 1.54) is 11.1 Å². The molecular weight excluding hydrogens is 318 g/mol. The summed E-state index contributed by atoms with van der Waals surface area (Å²) in [5.74, 6) is 1.31. The van der Waals surface area contributed by atoms with Crippen LogP contribution in [-0.2, 0) is 10.3 Å². The molecule has 0 radical (unpaired) electrons. The zero-order valence-electron chi connectivity index (χ0n) is 16.9. The van der Waals surface area contributed by atoms with Crippen molar-refractivity contribution in [3.05, 3.63) is 35.4 Å². The Bertz CT molecular complexity index is 461. The molecule has 0 aliphatic rings. The van der Waals surface area contributed by atoms with Gasteiger partial charge in [0.15, 0.2) is 0 Å². The highest BCUT2D eigenvalue weighted by Gasteiger charge is 2.32. The summed E-state index contributed by atoms with van der Waals surface area (Å²) in [6, 6.07) is 8.78. The number of nitrogens with zero attached hydrogens (tertiary/aromatic N) is 1. The Morgan fingerprint density at radius 3 is 1.92 bits per heavy atom. The molecule has 0 fully saturated rings. The molecule has 0 aliphatic carbocycles. The molecule has 0 bridgehead atoms. The van der Waals surface area contributed by atoms with Gasteiger partial charge in [0.05, 0.1) is 6.10 Å². The van der Waals surface area contributed by atoms with Gasteiger partial charge in [0.2, 0.25) is 0 Å². The Balaban J connectivity index is 0.00000529. The van der Waals surface area contributed by atoms with Crippen molar-refractivity contribution in [3.8, 4) is 0 Å². The van der Waals surface area contributed by atoms with Crippen molar-refractivity contribution in [2.24, 2.45) is 11.8 Å². The van der Waals surface area contributed by atoms with Crippen LogP contribution in [0.3, 0.4) is 0 Å². The average Bonchev–Trinajstić information content (AvgIpc) is 2.46. The molecule has 1 aromatic rings. The molecule has 24 heavy (non-hydrogen) atoms. The molecule has 0 N–H and O–H groups in total. The highest BCUT2D eigenvalue weighted by molar-refractivity contribution is 5.85. The fourth-order valence-electron chi connectivity index (χ4n) is 3.33. The van der Waals surface area contributed by atoms with E-state index < -0.39 is 0 Å². The highest BCUT2D eigenvalue weighted by Crippen LogP contribution is 2.35. The predicted octanol–water partition coefficient (Wildman–Crippen LogP) is 6.06. The first-order valence-electron chi connectivity index (χ1n) is 9.16. The molecule has 0 saturated carbocycles. The third kappa shape index (κ3) is 6.38. The Morgan fingerprint density at radius 2 is 1.46 bits per heavy atom. The summed E-state index contributed by atoms with van der Waals surface area (Å²) >= 11 is 0. The van der Waals surface area contributed by atoms with Gasteiger partial charge < -0.3 is 4.74 Å². The van der Waals surface area contributed by atoms with Gasteiger partial charge in [-0.2, -0.15) is 0 Å². The maximum atomic E-state index is 5.89. The second kappa shape index (κ2) is 10.4. The summed E-state index contributed by atoms with van der Waals surface area (Å²) < 4.78 is 5.89. The number of hydrogen-bond donors (Lipinski definition) is 0. The molecule has 140 valence electrons. The molecule has 0 amide bonds. The Morgan fingerprint density at radius 1 is 0.958 bits per heavy atom. The molecule has 0 aliphatic heterocycles. The maximum absolute atomic E-state index is 5.89.